The number of aryl methyl sites for hydroxylation is 2. The quantitative estimate of drug-likeness (QED) is 0.178. The number of methoxy groups -OCH3 is 1. The van der Waals surface area contributed by atoms with Crippen molar-refractivity contribution in [3.8, 4) is 11.1 Å². The molecule has 1 fully saturated rings. The van der Waals surface area contributed by atoms with Crippen LogP contribution in [0.25, 0.3) is 22.2 Å². The Balaban J connectivity index is 1.68. The van der Waals surface area contributed by atoms with Crippen LogP contribution in [-0.4, -0.2) is 65.4 Å². The van der Waals surface area contributed by atoms with Gasteiger partial charge in [-0.1, -0.05) is 25.1 Å². The van der Waals surface area contributed by atoms with Gasteiger partial charge in [-0.25, -0.2) is 14.6 Å². The van der Waals surface area contributed by atoms with Crippen LogP contribution in [0, 0.1) is 19.8 Å². The van der Waals surface area contributed by atoms with Crippen molar-refractivity contribution >= 4 is 23.1 Å². The molecule has 0 saturated heterocycles. The molecule has 4 rings (SSSR count). The van der Waals surface area contributed by atoms with E-state index in [1.54, 1.807) is 7.11 Å². The van der Waals surface area contributed by atoms with E-state index in [0.717, 1.165) is 59.3 Å². The molecule has 0 radical (unpaired) electrons. The summed E-state index contributed by atoms with van der Waals surface area (Å²) in [7, 11) is 1.76. The smallest absolute Gasteiger partial charge is 0.408 e. The summed E-state index contributed by atoms with van der Waals surface area (Å²) in [5, 5.41) is 7.18. The number of nitrogens with zero attached hydrogens (tertiary/aromatic N) is 3. The number of imidazole rings is 1. The number of carbonyl (C=O) groups is 2. The molecule has 44 heavy (non-hydrogen) atoms. The van der Waals surface area contributed by atoms with Crippen LogP contribution in [0.4, 0.5) is 4.79 Å². The molecule has 1 amide bonds. The third kappa shape index (κ3) is 8.59. The van der Waals surface area contributed by atoms with Gasteiger partial charge in [-0.05, 0) is 90.3 Å². The summed E-state index contributed by atoms with van der Waals surface area (Å²) in [6.07, 6.45) is 3.77. The maximum atomic E-state index is 13.1. The van der Waals surface area contributed by atoms with E-state index in [2.05, 4.69) is 33.2 Å². The Morgan fingerprint density at radius 3 is 2.48 bits per heavy atom. The second-order valence-corrected chi connectivity index (χ2v) is 13.0. The molecular formula is C33H48N4O7. The van der Waals surface area contributed by atoms with Crippen molar-refractivity contribution in [1.29, 1.82) is 0 Å². The molecule has 0 spiro atoms. The van der Waals surface area contributed by atoms with Gasteiger partial charge in [0.15, 0.2) is 0 Å². The predicted molar refractivity (Wildman–Crippen MR) is 166 cm³/mol. The van der Waals surface area contributed by atoms with Gasteiger partial charge >= 0.3 is 12.1 Å². The lowest BCUT2D eigenvalue weighted by molar-refractivity contribution is -0.150. The monoisotopic (exact) mass is 612 g/mol. The largest absolute Gasteiger partial charge is 0.464 e. The highest BCUT2D eigenvalue weighted by molar-refractivity contribution is 5.84. The van der Waals surface area contributed by atoms with E-state index in [1.807, 2.05) is 48.5 Å². The first-order valence-electron chi connectivity index (χ1n) is 15.6. The van der Waals surface area contributed by atoms with Gasteiger partial charge < -0.3 is 33.4 Å². The average Bonchev–Trinajstić information content (AvgIpc) is 3.51. The van der Waals surface area contributed by atoms with Crippen LogP contribution in [0.5, 0.6) is 0 Å². The Morgan fingerprint density at radius 2 is 1.86 bits per heavy atom. The van der Waals surface area contributed by atoms with Crippen molar-refractivity contribution in [3.63, 3.8) is 0 Å². The van der Waals surface area contributed by atoms with Gasteiger partial charge in [0.05, 0.1) is 35.5 Å². The van der Waals surface area contributed by atoms with Gasteiger partial charge in [0.1, 0.15) is 23.8 Å². The van der Waals surface area contributed by atoms with Crippen molar-refractivity contribution in [2.45, 2.75) is 104 Å². The number of ether oxygens (including phenoxy) is 4. The molecule has 1 aliphatic rings. The summed E-state index contributed by atoms with van der Waals surface area (Å²) in [4.78, 5) is 30.3. The molecule has 242 valence electrons. The minimum absolute atomic E-state index is 0.163. The number of nitrogens with one attached hydrogen (secondary N) is 1. The molecule has 2 aromatic heterocycles. The van der Waals surface area contributed by atoms with Gasteiger partial charge in [0.2, 0.25) is 0 Å². The molecule has 0 bridgehead atoms. The van der Waals surface area contributed by atoms with Gasteiger partial charge in [-0.3, -0.25) is 0 Å². The first-order chi connectivity index (χ1) is 20.9. The minimum Gasteiger partial charge on any atom is -0.464 e. The number of esters is 1. The van der Waals surface area contributed by atoms with Crippen molar-refractivity contribution in [1.82, 2.24) is 20.0 Å². The van der Waals surface area contributed by atoms with E-state index < -0.39 is 23.7 Å². The van der Waals surface area contributed by atoms with E-state index in [0.29, 0.717) is 18.9 Å². The van der Waals surface area contributed by atoms with Crippen LogP contribution in [0.2, 0.25) is 0 Å². The van der Waals surface area contributed by atoms with E-state index in [4.69, 9.17) is 28.5 Å². The zero-order chi connectivity index (χ0) is 32.0. The third-order valence-corrected chi connectivity index (χ3v) is 7.73. The normalized spacial score (nSPS) is 18.0. The minimum atomic E-state index is -0.673. The van der Waals surface area contributed by atoms with Crippen LogP contribution < -0.4 is 5.32 Å². The maximum absolute atomic E-state index is 13.1. The zero-order valence-electron chi connectivity index (χ0n) is 27.4. The summed E-state index contributed by atoms with van der Waals surface area (Å²) in [6, 6.07) is 5.84. The molecule has 0 unspecified atom stereocenters. The Bertz CT molecular complexity index is 1390. The maximum Gasteiger partial charge on any atom is 0.408 e. The lowest BCUT2D eigenvalue weighted by Gasteiger charge is -2.31. The highest BCUT2D eigenvalue weighted by Gasteiger charge is 2.31. The molecule has 1 N–H and O–H groups in total. The predicted octanol–water partition coefficient (Wildman–Crippen LogP) is 6.61. The number of aromatic nitrogens is 3. The summed E-state index contributed by atoms with van der Waals surface area (Å²) >= 11 is 0. The SMILES string of the molecule is COC1CCC(n2c([C@H](CCOCC(=O)OCC(C)C)NC(=O)OC(C)(C)C)nc3cc(-c4c(C)noc4C)ccc32)CC1. The third-order valence-electron chi connectivity index (χ3n) is 7.73. The molecule has 11 nitrogen and oxygen atoms in total. The number of hydrogen-bond donors (Lipinski definition) is 1. The number of benzene rings is 1. The number of carbonyl (C=O) groups excluding carboxylic acids is 2. The fourth-order valence-corrected chi connectivity index (χ4v) is 5.71. The van der Waals surface area contributed by atoms with E-state index in [9.17, 15) is 9.59 Å². The summed E-state index contributed by atoms with van der Waals surface area (Å²) in [5.41, 5.74) is 3.84. The van der Waals surface area contributed by atoms with Crippen molar-refractivity contribution in [3.05, 3.63) is 35.5 Å². The molecule has 1 aromatic carbocycles. The standard InChI is InChI=1S/C33H48N4O7/c1-20(2)18-42-29(38)19-41-16-15-26(35-32(39)43-33(5,6)7)31-34-27-17-23(30-21(3)36-44-22(30)4)9-14-28(27)37(31)24-10-12-25(40-8)13-11-24/h9,14,17,20,24-26H,10-13,15-16,18-19H2,1-8H3,(H,35,39)/t24?,25?,26-/m0/s1. The Kier molecular flexibility index (Phi) is 11.1. The molecule has 2 heterocycles. The van der Waals surface area contributed by atoms with Crippen molar-refractivity contribution < 1.29 is 33.1 Å². The number of fused-ring (bicyclic) bond motifs is 1. The van der Waals surface area contributed by atoms with Crippen LogP contribution in [0.3, 0.4) is 0 Å². The fraction of sp³-hybridized carbons (Fsp3) is 0.636. The van der Waals surface area contributed by atoms with E-state index >= 15 is 0 Å². The topological polar surface area (TPSA) is 127 Å². The second kappa shape index (κ2) is 14.6. The summed E-state index contributed by atoms with van der Waals surface area (Å²) < 4.78 is 29.9. The molecule has 3 aromatic rings. The average molecular weight is 613 g/mol. The van der Waals surface area contributed by atoms with E-state index in [-0.39, 0.29) is 31.3 Å². The summed E-state index contributed by atoms with van der Waals surface area (Å²) in [6.45, 7) is 13.7. The Labute approximate surface area is 259 Å². The fourth-order valence-electron chi connectivity index (χ4n) is 5.71. The van der Waals surface area contributed by atoms with Crippen LogP contribution in [-0.2, 0) is 23.7 Å². The lowest BCUT2D eigenvalue weighted by atomic mass is 9.92. The van der Waals surface area contributed by atoms with Crippen LogP contribution >= 0.6 is 0 Å². The first kappa shape index (κ1) is 33.5. The highest BCUT2D eigenvalue weighted by atomic mass is 16.6. The molecule has 1 atom stereocenters. The van der Waals surface area contributed by atoms with Crippen molar-refractivity contribution in [2.75, 3.05) is 26.9 Å². The molecule has 0 aliphatic heterocycles. The van der Waals surface area contributed by atoms with Gasteiger partial charge in [0.25, 0.3) is 0 Å². The molecular weight excluding hydrogens is 564 g/mol. The van der Waals surface area contributed by atoms with Crippen LogP contribution in [0.15, 0.2) is 22.7 Å². The van der Waals surface area contributed by atoms with Crippen molar-refractivity contribution in [2.24, 2.45) is 5.92 Å². The number of amides is 1. The molecule has 1 saturated carbocycles. The number of alkyl carbamates (subject to hydrolysis) is 1. The highest BCUT2D eigenvalue weighted by Crippen LogP contribution is 2.37. The van der Waals surface area contributed by atoms with Crippen LogP contribution in [0.1, 0.15) is 96.1 Å². The second-order valence-electron chi connectivity index (χ2n) is 13.0. The lowest BCUT2D eigenvalue weighted by Crippen LogP contribution is -2.37. The Morgan fingerprint density at radius 1 is 1.14 bits per heavy atom. The van der Waals surface area contributed by atoms with Gasteiger partial charge in [-0.15, -0.1) is 0 Å². The van der Waals surface area contributed by atoms with Gasteiger partial charge in [-0.2, -0.15) is 0 Å². The molecule has 11 heteroatoms. The number of hydrogen-bond acceptors (Lipinski definition) is 9. The van der Waals surface area contributed by atoms with E-state index in [1.165, 1.54) is 0 Å². The first-order valence-corrected chi connectivity index (χ1v) is 15.6. The Hall–Kier alpha value is -3.44. The summed E-state index contributed by atoms with van der Waals surface area (Å²) in [5.74, 6) is 1.29. The zero-order valence-corrected chi connectivity index (χ0v) is 27.4. The number of rotatable bonds is 12. The van der Waals surface area contributed by atoms with Gasteiger partial charge in [0, 0.05) is 25.3 Å². The molecule has 1 aliphatic carbocycles.